The van der Waals surface area contributed by atoms with Gasteiger partial charge in [0.05, 0.1) is 12.8 Å². The summed E-state index contributed by atoms with van der Waals surface area (Å²) in [6.07, 6.45) is 1.51. The molecule has 1 aliphatic heterocycles. The predicted molar refractivity (Wildman–Crippen MR) is 100 cm³/mol. The maximum Gasteiger partial charge on any atom is 0.282 e. The van der Waals surface area contributed by atoms with E-state index in [9.17, 15) is 9.59 Å². The number of halogens is 2. The summed E-state index contributed by atoms with van der Waals surface area (Å²) in [5.74, 6) is -0.371. The number of hydrogen-bond acceptors (Lipinski definition) is 3. The summed E-state index contributed by atoms with van der Waals surface area (Å²) in [5, 5.41) is 1.70. The summed E-state index contributed by atoms with van der Waals surface area (Å²) >= 11 is 9.49. The highest BCUT2D eigenvalue weighted by molar-refractivity contribution is 9.10. The summed E-state index contributed by atoms with van der Waals surface area (Å²) in [4.78, 5) is 25.0. The Labute approximate surface area is 158 Å². The number of anilines is 1. The smallest absolute Gasteiger partial charge is 0.282 e. The van der Waals surface area contributed by atoms with E-state index in [0.717, 1.165) is 10.0 Å². The van der Waals surface area contributed by atoms with Crippen LogP contribution < -0.4 is 15.2 Å². The molecule has 1 heterocycles. The van der Waals surface area contributed by atoms with Gasteiger partial charge in [-0.1, -0.05) is 33.6 Å². The molecule has 2 aromatic rings. The molecule has 0 aromatic heterocycles. The van der Waals surface area contributed by atoms with Gasteiger partial charge in [-0.15, -0.1) is 0 Å². The molecular formula is C18H14BrClN2O3. The molecule has 3 rings (SSSR count). The number of ether oxygens (including phenoxy) is 1. The van der Waals surface area contributed by atoms with Crippen molar-refractivity contribution in [3.63, 3.8) is 0 Å². The molecule has 2 aromatic carbocycles. The molecule has 0 saturated carbocycles. The van der Waals surface area contributed by atoms with E-state index in [2.05, 4.69) is 21.4 Å². The van der Waals surface area contributed by atoms with E-state index >= 15 is 0 Å². The second-order valence-corrected chi connectivity index (χ2v) is 6.78. The van der Waals surface area contributed by atoms with Gasteiger partial charge in [0.2, 0.25) is 0 Å². The van der Waals surface area contributed by atoms with Gasteiger partial charge in [0.25, 0.3) is 11.8 Å². The van der Waals surface area contributed by atoms with Crippen molar-refractivity contribution >= 4 is 51.1 Å². The molecule has 0 bridgehead atoms. The van der Waals surface area contributed by atoms with Crippen LogP contribution >= 0.6 is 27.5 Å². The monoisotopic (exact) mass is 420 g/mol. The number of methoxy groups -OCH3 is 1. The lowest BCUT2D eigenvalue weighted by atomic mass is 10.1. The molecular weight excluding hydrogens is 408 g/mol. The number of carbonyl (C=O) groups is 2. The van der Waals surface area contributed by atoms with Crippen molar-refractivity contribution in [1.29, 1.82) is 0 Å². The van der Waals surface area contributed by atoms with Crippen molar-refractivity contribution in [1.82, 2.24) is 5.43 Å². The molecule has 1 saturated heterocycles. The van der Waals surface area contributed by atoms with Crippen LogP contribution in [0, 0.1) is 6.92 Å². The number of hydrazine groups is 1. The highest BCUT2D eigenvalue weighted by Crippen LogP contribution is 2.29. The van der Waals surface area contributed by atoms with Gasteiger partial charge in [-0.2, -0.15) is 0 Å². The van der Waals surface area contributed by atoms with E-state index in [-0.39, 0.29) is 5.57 Å². The van der Waals surface area contributed by atoms with Gasteiger partial charge in [0.15, 0.2) is 0 Å². The Hall–Kier alpha value is -2.31. The summed E-state index contributed by atoms with van der Waals surface area (Å²) in [6.45, 7) is 1.86. The number of nitrogens with one attached hydrogen (secondary N) is 1. The van der Waals surface area contributed by atoms with Crippen LogP contribution in [0.25, 0.3) is 6.08 Å². The van der Waals surface area contributed by atoms with Crippen molar-refractivity contribution in [2.24, 2.45) is 0 Å². The third-order valence-corrected chi connectivity index (χ3v) is 4.70. The van der Waals surface area contributed by atoms with Crippen LogP contribution in [0.2, 0.25) is 5.02 Å². The summed E-state index contributed by atoms with van der Waals surface area (Å²) in [6, 6.07) is 10.5. The summed E-state index contributed by atoms with van der Waals surface area (Å²) in [5.41, 5.74) is 4.59. The third-order valence-electron chi connectivity index (χ3n) is 3.80. The van der Waals surface area contributed by atoms with E-state index in [1.54, 1.807) is 30.3 Å². The quantitative estimate of drug-likeness (QED) is 0.604. The van der Waals surface area contributed by atoms with Crippen LogP contribution in [0.4, 0.5) is 5.69 Å². The van der Waals surface area contributed by atoms with Crippen molar-refractivity contribution in [2.45, 2.75) is 6.92 Å². The molecule has 0 atom stereocenters. The van der Waals surface area contributed by atoms with Gasteiger partial charge in [0.1, 0.15) is 11.3 Å². The molecule has 0 unspecified atom stereocenters. The van der Waals surface area contributed by atoms with Gasteiger partial charge in [-0.25, -0.2) is 5.01 Å². The molecule has 2 amide bonds. The fraction of sp³-hybridized carbons (Fsp3) is 0.111. The zero-order chi connectivity index (χ0) is 18.1. The highest BCUT2D eigenvalue weighted by atomic mass is 79.9. The number of rotatable bonds is 3. The zero-order valence-electron chi connectivity index (χ0n) is 13.5. The summed E-state index contributed by atoms with van der Waals surface area (Å²) in [7, 11) is 1.53. The lowest BCUT2D eigenvalue weighted by Crippen LogP contribution is -2.35. The Balaban J connectivity index is 1.99. The van der Waals surface area contributed by atoms with Crippen LogP contribution in [0.15, 0.2) is 46.4 Å². The van der Waals surface area contributed by atoms with Gasteiger partial charge in [0, 0.05) is 15.1 Å². The fourth-order valence-electron chi connectivity index (χ4n) is 2.43. The largest absolute Gasteiger partial charge is 0.496 e. The van der Waals surface area contributed by atoms with Gasteiger partial charge in [-0.05, 0) is 48.9 Å². The van der Waals surface area contributed by atoms with E-state index < -0.39 is 11.8 Å². The van der Waals surface area contributed by atoms with Crippen LogP contribution in [0.3, 0.4) is 0 Å². The van der Waals surface area contributed by atoms with E-state index in [4.69, 9.17) is 16.3 Å². The van der Waals surface area contributed by atoms with Gasteiger partial charge < -0.3 is 4.74 Å². The molecule has 1 fully saturated rings. The Morgan fingerprint density at radius 1 is 1.20 bits per heavy atom. The fourth-order valence-corrected chi connectivity index (χ4v) is 2.99. The second-order valence-electron chi connectivity index (χ2n) is 5.46. The zero-order valence-corrected chi connectivity index (χ0v) is 15.8. The Morgan fingerprint density at radius 3 is 2.64 bits per heavy atom. The summed E-state index contributed by atoms with van der Waals surface area (Å²) < 4.78 is 6.10. The number of amides is 2. The predicted octanol–water partition coefficient (Wildman–Crippen LogP) is 3.88. The number of carbonyl (C=O) groups excluding carboxylic acids is 2. The maximum atomic E-state index is 12.7. The van der Waals surface area contributed by atoms with E-state index in [1.807, 2.05) is 13.0 Å². The Kier molecular flexibility index (Phi) is 4.83. The topological polar surface area (TPSA) is 58.6 Å². The van der Waals surface area contributed by atoms with Crippen molar-refractivity contribution in [3.8, 4) is 5.75 Å². The average molecular weight is 422 g/mol. The lowest BCUT2D eigenvalue weighted by molar-refractivity contribution is -0.117. The number of aryl methyl sites for hydroxylation is 1. The molecule has 25 heavy (non-hydrogen) atoms. The molecule has 0 spiro atoms. The van der Waals surface area contributed by atoms with Crippen molar-refractivity contribution < 1.29 is 14.3 Å². The minimum absolute atomic E-state index is 0.0214. The van der Waals surface area contributed by atoms with Gasteiger partial charge >= 0.3 is 0 Å². The van der Waals surface area contributed by atoms with Gasteiger partial charge in [-0.3, -0.25) is 15.0 Å². The molecule has 1 aliphatic rings. The minimum atomic E-state index is -0.483. The molecule has 5 nitrogen and oxygen atoms in total. The number of nitrogens with zero attached hydrogens (tertiary/aromatic N) is 1. The number of benzene rings is 2. The third kappa shape index (κ3) is 3.41. The van der Waals surface area contributed by atoms with Crippen LogP contribution in [-0.2, 0) is 9.59 Å². The Morgan fingerprint density at radius 2 is 1.96 bits per heavy atom. The molecule has 0 radical (unpaired) electrons. The molecule has 128 valence electrons. The first-order valence-electron chi connectivity index (χ1n) is 7.37. The van der Waals surface area contributed by atoms with E-state index in [1.165, 1.54) is 18.2 Å². The van der Waals surface area contributed by atoms with E-state index in [0.29, 0.717) is 22.0 Å². The molecule has 0 aliphatic carbocycles. The second kappa shape index (κ2) is 6.90. The maximum absolute atomic E-state index is 12.7. The van der Waals surface area contributed by atoms with Crippen LogP contribution in [0.1, 0.15) is 11.1 Å². The van der Waals surface area contributed by atoms with Crippen molar-refractivity contribution in [2.75, 3.05) is 12.1 Å². The molecule has 7 heteroatoms. The van der Waals surface area contributed by atoms with Crippen molar-refractivity contribution in [3.05, 3.63) is 62.6 Å². The Bertz CT molecular complexity index is 911. The number of hydrogen-bond donors (Lipinski definition) is 1. The first-order chi connectivity index (χ1) is 11.9. The van der Waals surface area contributed by atoms with Crippen LogP contribution in [0.5, 0.6) is 5.75 Å². The standard InChI is InChI=1S/C18H14BrClN2O3/c1-10-3-5-13(9-15(10)20)22-18(24)14(17(23)21-22)8-11-7-12(19)4-6-16(11)25-2/h3-9H,1-2H3,(H,21,23)/b14-8+. The van der Waals surface area contributed by atoms with Crippen LogP contribution in [-0.4, -0.2) is 18.9 Å². The minimum Gasteiger partial charge on any atom is -0.496 e. The first-order valence-corrected chi connectivity index (χ1v) is 8.54. The molecule has 1 N–H and O–H groups in total. The highest BCUT2D eigenvalue weighted by Gasteiger charge is 2.34. The SMILES string of the molecule is COc1ccc(Br)cc1/C=C1\C(=O)NN(c2ccc(C)c(Cl)c2)C1=O. The normalized spacial score (nSPS) is 15.7. The first kappa shape index (κ1) is 17.5. The lowest BCUT2D eigenvalue weighted by Gasteiger charge is -2.15. The average Bonchev–Trinajstić information content (AvgIpc) is 2.86.